The summed E-state index contributed by atoms with van der Waals surface area (Å²) in [5.74, 6) is 0.0620. The van der Waals surface area contributed by atoms with Crippen molar-refractivity contribution in [3.05, 3.63) is 42.0 Å². The number of carbonyl (C=O) groups is 1. The van der Waals surface area contributed by atoms with Crippen LogP contribution in [-0.2, 0) is 14.8 Å². The summed E-state index contributed by atoms with van der Waals surface area (Å²) in [6.45, 7) is 3.87. The fourth-order valence-corrected chi connectivity index (χ4v) is 3.87. The zero-order chi connectivity index (χ0) is 21.0. The second kappa shape index (κ2) is 8.49. The van der Waals surface area contributed by atoms with E-state index < -0.39 is 22.0 Å². The van der Waals surface area contributed by atoms with Crippen molar-refractivity contribution in [2.24, 2.45) is 5.92 Å². The summed E-state index contributed by atoms with van der Waals surface area (Å²) in [4.78, 5) is 19.8. The number of nitrogens with one attached hydrogen (secondary N) is 2. The lowest BCUT2D eigenvalue weighted by molar-refractivity contribution is 0.0600. The SMILES string of the molecule is COC(=O)c1cccc(S(=O)(=O)N[C@H](CC(C)C)c2nc(-c3ncn[nH]3)no2)c1. The van der Waals surface area contributed by atoms with Crippen LogP contribution in [-0.4, -0.2) is 46.8 Å². The lowest BCUT2D eigenvalue weighted by Gasteiger charge is -2.17. The molecule has 2 N–H and O–H groups in total. The Labute approximate surface area is 166 Å². The zero-order valence-electron chi connectivity index (χ0n) is 16.0. The van der Waals surface area contributed by atoms with Gasteiger partial charge >= 0.3 is 5.97 Å². The summed E-state index contributed by atoms with van der Waals surface area (Å²) >= 11 is 0. The van der Waals surface area contributed by atoms with Gasteiger partial charge in [-0.05, 0) is 30.5 Å². The third-order valence-corrected chi connectivity index (χ3v) is 5.41. The van der Waals surface area contributed by atoms with E-state index in [1.54, 1.807) is 0 Å². The molecule has 3 aromatic rings. The molecule has 11 nitrogen and oxygen atoms in total. The Hall–Kier alpha value is -3.12. The molecule has 29 heavy (non-hydrogen) atoms. The quantitative estimate of drug-likeness (QED) is 0.518. The Morgan fingerprint density at radius 1 is 1.34 bits per heavy atom. The van der Waals surface area contributed by atoms with Crippen molar-refractivity contribution in [1.82, 2.24) is 30.0 Å². The summed E-state index contributed by atoms with van der Waals surface area (Å²) in [7, 11) is -2.76. The van der Waals surface area contributed by atoms with E-state index in [1.807, 2.05) is 13.8 Å². The number of benzene rings is 1. The maximum absolute atomic E-state index is 12.9. The third-order valence-electron chi connectivity index (χ3n) is 3.94. The smallest absolute Gasteiger partial charge is 0.337 e. The lowest BCUT2D eigenvalue weighted by Crippen LogP contribution is -2.30. The number of ether oxygens (including phenoxy) is 1. The summed E-state index contributed by atoms with van der Waals surface area (Å²) in [6, 6.07) is 4.79. The van der Waals surface area contributed by atoms with Crippen molar-refractivity contribution in [2.75, 3.05) is 7.11 Å². The second-order valence-electron chi connectivity index (χ2n) is 6.61. The van der Waals surface area contributed by atoms with Crippen molar-refractivity contribution in [1.29, 1.82) is 0 Å². The fraction of sp³-hybridized carbons (Fsp3) is 0.353. The number of aromatic amines is 1. The Bertz CT molecular complexity index is 1080. The Morgan fingerprint density at radius 2 is 2.14 bits per heavy atom. The summed E-state index contributed by atoms with van der Waals surface area (Å²) < 4.78 is 38.3. The summed E-state index contributed by atoms with van der Waals surface area (Å²) in [6.07, 6.45) is 1.71. The van der Waals surface area contributed by atoms with E-state index in [1.165, 1.54) is 37.7 Å². The van der Waals surface area contributed by atoms with Crippen LogP contribution in [0.2, 0.25) is 0 Å². The zero-order valence-corrected chi connectivity index (χ0v) is 16.8. The van der Waals surface area contributed by atoms with Gasteiger partial charge in [0.25, 0.3) is 0 Å². The van der Waals surface area contributed by atoms with Gasteiger partial charge in [0, 0.05) is 0 Å². The van der Waals surface area contributed by atoms with Crippen LogP contribution in [0.4, 0.5) is 0 Å². The first kappa shape index (κ1) is 20.6. The first-order valence-electron chi connectivity index (χ1n) is 8.70. The van der Waals surface area contributed by atoms with Crippen LogP contribution in [0.3, 0.4) is 0 Å². The first-order chi connectivity index (χ1) is 13.8. The summed E-state index contributed by atoms with van der Waals surface area (Å²) in [5.41, 5.74) is 0.126. The predicted octanol–water partition coefficient (Wildman–Crippen LogP) is 1.71. The first-order valence-corrected chi connectivity index (χ1v) is 10.2. The van der Waals surface area contributed by atoms with Crippen LogP contribution in [0, 0.1) is 5.92 Å². The monoisotopic (exact) mass is 420 g/mol. The fourth-order valence-electron chi connectivity index (χ4n) is 2.62. The number of nitrogens with zero attached hydrogens (tertiary/aromatic N) is 4. The van der Waals surface area contributed by atoms with E-state index in [2.05, 4.69) is 34.8 Å². The molecular formula is C17H20N6O5S. The van der Waals surface area contributed by atoms with Crippen molar-refractivity contribution < 1.29 is 22.5 Å². The molecule has 0 saturated heterocycles. The van der Waals surface area contributed by atoms with E-state index in [4.69, 9.17) is 4.52 Å². The van der Waals surface area contributed by atoms with Crippen molar-refractivity contribution in [2.45, 2.75) is 31.2 Å². The van der Waals surface area contributed by atoms with Crippen LogP contribution in [0.1, 0.15) is 42.6 Å². The normalized spacial score (nSPS) is 12.8. The highest BCUT2D eigenvalue weighted by Crippen LogP contribution is 2.24. The molecule has 0 fully saturated rings. The number of carbonyl (C=O) groups excluding carboxylic acids is 1. The molecule has 0 aliphatic heterocycles. The van der Waals surface area contributed by atoms with Crippen LogP contribution < -0.4 is 4.72 Å². The number of aromatic nitrogens is 5. The van der Waals surface area contributed by atoms with Gasteiger partial charge in [-0.3, -0.25) is 5.10 Å². The topological polar surface area (TPSA) is 153 Å². The number of esters is 1. The molecule has 1 atom stereocenters. The molecule has 12 heteroatoms. The molecule has 0 aliphatic rings. The van der Waals surface area contributed by atoms with Crippen LogP contribution in [0.5, 0.6) is 0 Å². The van der Waals surface area contributed by atoms with Gasteiger partial charge in [0.1, 0.15) is 12.4 Å². The minimum Gasteiger partial charge on any atom is -0.465 e. The van der Waals surface area contributed by atoms with Gasteiger partial charge in [-0.25, -0.2) is 18.2 Å². The van der Waals surface area contributed by atoms with E-state index in [0.717, 1.165) is 0 Å². The molecule has 2 heterocycles. The Kier molecular flexibility index (Phi) is 6.03. The lowest BCUT2D eigenvalue weighted by atomic mass is 10.0. The van der Waals surface area contributed by atoms with Gasteiger partial charge in [0.05, 0.1) is 17.6 Å². The van der Waals surface area contributed by atoms with Gasteiger partial charge in [-0.15, -0.1) is 0 Å². The number of rotatable bonds is 8. The second-order valence-corrected chi connectivity index (χ2v) is 8.33. The number of hydrogen-bond donors (Lipinski definition) is 2. The van der Waals surface area contributed by atoms with Crippen molar-refractivity contribution in [3.63, 3.8) is 0 Å². The Balaban J connectivity index is 1.89. The molecule has 154 valence electrons. The van der Waals surface area contributed by atoms with E-state index in [0.29, 0.717) is 12.2 Å². The molecule has 0 spiro atoms. The molecule has 2 aromatic heterocycles. The van der Waals surface area contributed by atoms with Gasteiger partial charge < -0.3 is 9.26 Å². The van der Waals surface area contributed by atoms with Crippen molar-refractivity contribution >= 4 is 16.0 Å². The Morgan fingerprint density at radius 3 is 2.79 bits per heavy atom. The number of H-pyrrole nitrogens is 1. The van der Waals surface area contributed by atoms with E-state index in [9.17, 15) is 13.2 Å². The highest BCUT2D eigenvalue weighted by Gasteiger charge is 2.28. The maximum atomic E-state index is 12.9. The van der Waals surface area contributed by atoms with Gasteiger partial charge in [0.15, 0.2) is 5.82 Å². The standard InChI is InChI=1S/C17H20N6O5S/c1-10(2)7-13(16-20-15(22-28-16)14-18-9-19-21-14)23-29(25,26)12-6-4-5-11(8-12)17(24)27-3/h4-6,8-10,13,23H,7H2,1-3H3,(H,18,19,21)/t13-/m1/s1. The largest absolute Gasteiger partial charge is 0.465 e. The van der Waals surface area contributed by atoms with Crippen LogP contribution in [0.15, 0.2) is 40.0 Å². The molecule has 1 aromatic carbocycles. The van der Waals surface area contributed by atoms with Crippen LogP contribution in [0.25, 0.3) is 11.6 Å². The molecule has 0 amide bonds. The number of sulfonamides is 1. The molecule has 0 radical (unpaired) electrons. The molecule has 3 rings (SSSR count). The average Bonchev–Trinajstić information content (AvgIpc) is 3.38. The number of hydrogen-bond acceptors (Lipinski definition) is 9. The predicted molar refractivity (Wildman–Crippen MR) is 100.0 cm³/mol. The maximum Gasteiger partial charge on any atom is 0.337 e. The molecule has 0 bridgehead atoms. The average molecular weight is 420 g/mol. The molecule has 0 saturated carbocycles. The van der Waals surface area contributed by atoms with E-state index >= 15 is 0 Å². The van der Waals surface area contributed by atoms with E-state index in [-0.39, 0.29) is 28.1 Å². The minimum atomic E-state index is -3.98. The minimum absolute atomic E-state index is 0.0795. The van der Waals surface area contributed by atoms with Gasteiger partial charge in [0.2, 0.25) is 21.7 Å². The molecular weight excluding hydrogens is 400 g/mol. The third kappa shape index (κ3) is 4.84. The number of methoxy groups -OCH3 is 1. The highest BCUT2D eigenvalue weighted by molar-refractivity contribution is 7.89. The highest BCUT2D eigenvalue weighted by atomic mass is 32.2. The summed E-state index contributed by atoms with van der Waals surface area (Å²) in [5, 5.41) is 10.2. The molecule has 0 unspecified atom stereocenters. The molecule has 0 aliphatic carbocycles. The van der Waals surface area contributed by atoms with Gasteiger partial charge in [-0.1, -0.05) is 25.1 Å². The van der Waals surface area contributed by atoms with Crippen molar-refractivity contribution in [3.8, 4) is 11.6 Å². The van der Waals surface area contributed by atoms with Gasteiger partial charge in [-0.2, -0.15) is 14.8 Å². The van der Waals surface area contributed by atoms with Crippen LogP contribution >= 0.6 is 0 Å².